The van der Waals surface area contributed by atoms with Crippen molar-refractivity contribution in [2.24, 2.45) is 0 Å². The Balaban J connectivity index is 1.93. The maximum absolute atomic E-state index is 14.3. The van der Waals surface area contributed by atoms with Crippen LogP contribution in [0.1, 0.15) is 12.5 Å². The Hall–Kier alpha value is -1.51. The zero-order valence-corrected chi connectivity index (χ0v) is 13.4. The molecule has 1 fully saturated rings. The summed E-state index contributed by atoms with van der Waals surface area (Å²) in [5.74, 6) is -1.43. The van der Waals surface area contributed by atoms with E-state index in [4.69, 9.17) is 0 Å². The predicted molar refractivity (Wildman–Crippen MR) is 84.0 cm³/mol. The molecule has 2 N–H and O–H groups in total. The van der Waals surface area contributed by atoms with E-state index in [0.29, 0.717) is 5.25 Å². The number of rotatable bonds is 6. The summed E-state index contributed by atoms with van der Waals surface area (Å²) >= 11 is 1.59. The minimum absolute atomic E-state index is 0.0455. The molecule has 2 heterocycles. The molecule has 1 aliphatic rings. The Morgan fingerprint density at radius 3 is 2.83 bits per heavy atom. The fraction of sp³-hybridized carbons (Fsp3) is 0.467. The molecule has 0 aliphatic carbocycles. The molecule has 0 bridgehead atoms. The van der Waals surface area contributed by atoms with Crippen LogP contribution in [0.3, 0.4) is 0 Å². The molecule has 1 saturated heterocycles. The fourth-order valence-corrected chi connectivity index (χ4v) is 4.03. The third-order valence-electron chi connectivity index (χ3n) is 4.08. The number of hydrogen-bond donors (Lipinski definition) is 2. The molecule has 2 atom stereocenters. The van der Waals surface area contributed by atoms with Crippen LogP contribution in [-0.2, 0) is 12.1 Å². The van der Waals surface area contributed by atoms with Crippen LogP contribution < -0.4 is 5.32 Å². The summed E-state index contributed by atoms with van der Waals surface area (Å²) in [6.07, 6.45) is 2.82. The van der Waals surface area contributed by atoms with E-state index in [0.717, 1.165) is 25.2 Å². The lowest BCUT2D eigenvalue weighted by Gasteiger charge is -2.38. The van der Waals surface area contributed by atoms with Gasteiger partial charge in [0.25, 0.3) is 0 Å². The second-order valence-electron chi connectivity index (χ2n) is 5.70. The molecule has 2 aromatic rings. The van der Waals surface area contributed by atoms with Gasteiger partial charge in [-0.3, -0.25) is 0 Å². The van der Waals surface area contributed by atoms with Crippen molar-refractivity contribution >= 4 is 11.8 Å². The molecule has 23 heavy (non-hydrogen) atoms. The minimum Gasteiger partial charge on any atom is -0.382 e. The van der Waals surface area contributed by atoms with Gasteiger partial charge in [-0.2, -0.15) is 5.10 Å². The van der Waals surface area contributed by atoms with E-state index < -0.39 is 17.2 Å². The van der Waals surface area contributed by atoms with Crippen LogP contribution in [-0.4, -0.2) is 43.5 Å². The van der Waals surface area contributed by atoms with E-state index in [-0.39, 0.29) is 17.4 Å². The zero-order chi connectivity index (χ0) is 16.4. The highest BCUT2D eigenvalue weighted by Crippen LogP contribution is 2.38. The molecule has 5 nitrogen and oxygen atoms in total. The lowest BCUT2D eigenvalue weighted by atomic mass is 9.90. The van der Waals surface area contributed by atoms with E-state index in [1.807, 2.05) is 6.92 Å². The van der Waals surface area contributed by atoms with Gasteiger partial charge in [0.15, 0.2) is 0 Å². The third-order valence-corrected chi connectivity index (χ3v) is 5.60. The van der Waals surface area contributed by atoms with Crippen molar-refractivity contribution in [1.29, 1.82) is 0 Å². The highest BCUT2D eigenvalue weighted by Gasteiger charge is 2.41. The maximum atomic E-state index is 14.3. The van der Waals surface area contributed by atoms with Gasteiger partial charge in [0.05, 0.1) is 6.54 Å². The van der Waals surface area contributed by atoms with Crippen LogP contribution in [0.15, 0.2) is 30.9 Å². The highest BCUT2D eigenvalue weighted by atomic mass is 32.2. The Morgan fingerprint density at radius 2 is 2.26 bits per heavy atom. The van der Waals surface area contributed by atoms with Crippen LogP contribution in [0.25, 0.3) is 0 Å². The highest BCUT2D eigenvalue weighted by molar-refractivity contribution is 8.00. The minimum atomic E-state index is -1.52. The van der Waals surface area contributed by atoms with Gasteiger partial charge in [-0.15, -0.1) is 11.8 Å². The summed E-state index contributed by atoms with van der Waals surface area (Å²) in [7, 11) is 0. The topological polar surface area (TPSA) is 63.0 Å². The van der Waals surface area contributed by atoms with Crippen molar-refractivity contribution in [2.45, 2.75) is 29.6 Å². The van der Waals surface area contributed by atoms with E-state index >= 15 is 0 Å². The first-order valence-electron chi connectivity index (χ1n) is 7.35. The summed E-state index contributed by atoms with van der Waals surface area (Å²) in [5, 5.41) is 18.5. The average Bonchev–Trinajstić information content (AvgIpc) is 2.95. The van der Waals surface area contributed by atoms with Crippen molar-refractivity contribution < 1.29 is 13.9 Å². The van der Waals surface area contributed by atoms with Gasteiger partial charge < -0.3 is 10.4 Å². The Kier molecular flexibility index (Phi) is 4.65. The number of nitrogens with one attached hydrogen (secondary N) is 1. The molecule has 124 valence electrons. The number of halogens is 2. The molecule has 1 aromatic heterocycles. The summed E-state index contributed by atoms with van der Waals surface area (Å²) in [5.41, 5.74) is -1.45. The quantitative estimate of drug-likeness (QED) is 0.835. The van der Waals surface area contributed by atoms with Crippen LogP contribution in [0.4, 0.5) is 8.78 Å². The van der Waals surface area contributed by atoms with Gasteiger partial charge in [0.1, 0.15) is 29.9 Å². The first kappa shape index (κ1) is 16.4. The van der Waals surface area contributed by atoms with Gasteiger partial charge in [0, 0.05) is 35.2 Å². The molecule has 0 unspecified atom stereocenters. The largest absolute Gasteiger partial charge is 0.382 e. The first-order chi connectivity index (χ1) is 11.0. The Labute approximate surface area is 137 Å². The van der Waals surface area contributed by atoms with Crippen molar-refractivity contribution in [3.8, 4) is 0 Å². The normalized spacial score (nSPS) is 19.1. The number of benzene rings is 1. The Bertz CT molecular complexity index is 666. The van der Waals surface area contributed by atoms with Crippen LogP contribution >= 0.6 is 11.8 Å². The lowest BCUT2D eigenvalue weighted by molar-refractivity contribution is 0.0131. The van der Waals surface area contributed by atoms with E-state index in [2.05, 4.69) is 15.4 Å². The van der Waals surface area contributed by atoms with Crippen LogP contribution in [0, 0.1) is 11.6 Å². The van der Waals surface area contributed by atoms with Gasteiger partial charge >= 0.3 is 0 Å². The van der Waals surface area contributed by atoms with Crippen molar-refractivity contribution in [3.63, 3.8) is 0 Å². The number of aliphatic hydroxyl groups is 1. The predicted octanol–water partition coefficient (Wildman–Crippen LogP) is 1.54. The van der Waals surface area contributed by atoms with Crippen molar-refractivity contribution in [1.82, 2.24) is 20.1 Å². The second-order valence-corrected chi connectivity index (χ2v) is 7.35. The molecular weight excluding hydrogens is 322 g/mol. The molecule has 1 aromatic carbocycles. The van der Waals surface area contributed by atoms with E-state index in [1.165, 1.54) is 23.4 Å². The van der Waals surface area contributed by atoms with Gasteiger partial charge in [-0.05, 0) is 6.07 Å². The summed E-state index contributed by atoms with van der Waals surface area (Å²) in [6, 6.07) is 3.26. The monoisotopic (exact) mass is 340 g/mol. The fourth-order valence-electron chi connectivity index (χ4n) is 2.59. The number of hydrogen-bond acceptors (Lipinski definition) is 5. The zero-order valence-electron chi connectivity index (χ0n) is 12.6. The van der Waals surface area contributed by atoms with Gasteiger partial charge in [-0.1, -0.05) is 13.0 Å². The standard InChI is InChI=1S/C15H18F2N4OS/c1-10(23-12-5-18-6-12)15(22,7-21-9-19-8-20-21)13-3-2-11(16)4-14(13)17/h2-4,8-10,12,18,22H,5-7H2,1H3/t10-,15-/m1/s1. The SMILES string of the molecule is C[C@@H](SC1CNC1)[C@](O)(Cn1cncn1)c1ccc(F)cc1F. The van der Waals surface area contributed by atoms with E-state index in [1.54, 1.807) is 11.8 Å². The first-order valence-corrected chi connectivity index (χ1v) is 8.30. The summed E-state index contributed by atoms with van der Waals surface area (Å²) in [4.78, 5) is 3.85. The molecular formula is C15H18F2N4OS. The molecule has 0 saturated carbocycles. The van der Waals surface area contributed by atoms with E-state index in [9.17, 15) is 13.9 Å². The molecule has 1 aliphatic heterocycles. The molecule has 8 heteroatoms. The average molecular weight is 340 g/mol. The summed E-state index contributed by atoms with van der Waals surface area (Å²) < 4.78 is 29.0. The second kappa shape index (κ2) is 6.54. The van der Waals surface area contributed by atoms with Gasteiger partial charge in [-0.25, -0.2) is 18.4 Å². The van der Waals surface area contributed by atoms with Crippen LogP contribution in [0.5, 0.6) is 0 Å². The van der Waals surface area contributed by atoms with Gasteiger partial charge in [0.2, 0.25) is 0 Å². The molecule has 0 amide bonds. The Morgan fingerprint density at radius 1 is 1.48 bits per heavy atom. The third kappa shape index (κ3) is 3.39. The molecule has 3 rings (SSSR count). The van der Waals surface area contributed by atoms with Crippen LogP contribution in [0.2, 0.25) is 0 Å². The molecule has 0 radical (unpaired) electrons. The van der Waals surface area contributed by atoms with Crippen molar-refractivity contribution in [3.05, 3.63) is 48.1 Å². The number of thioether (sulfide) groups is 1. The lowest BCUT2D eigenvalue weighted by Crippen LogP contribution is -2.49. The number of aromatic nitrogens is 3. The number of nitrogens with zero attached hydrogens (tertiary/aromatic N) is 3. The molecule has 0 spiro atoms. The van der Waals surface area contributed by atoms with Crippen molar-refractivity contribution in [2.75, 3.05) is 13.1 Å². The smallest absolute Gasteiger partial charge is 0.137 e. The summed E-state index contributed by atoms with van der Waals surface area (Å²) in [6.45, 7) is 3.62. The maximum Gasteiger partial charge on any atom is 0.137 e.